The van der Waals surface area contributed by atoms with Crippen molar-refractivity contribution < 1.29 is 14.3 Å². The number of rotatable bonds is 4. The van der Waals surface area contributed by atoms with E-state index in [2.05, 4.69) is 41.0 Å². The van der Waals surface area contributed by atoms with Crippen LogP contribution in [0.3, 0.4) is 0 Å². The molecule has 7 nitrogen and oxygen atoms in total. The number of benzene rings is 1. The highest BCUT2D eigenvalue weighted by Crippen LogP contribution is 2.43. The van der Waals surface area contributed by atoms with Gasteiger partial charge in [-0.05, 0) is 57.6 Å². The topological polar surface area (TPSA) is 81.6 Å². The van der Waals surface area contributed by atoms with E-state index in [0.717, 1.165) is 35.5 Å². The summed E-state index contributed by atoms with van der Waals surface area (Å²) in [4.78, 5) is 26.8. The molecule has 0 saturated carbocycles. The van der Waals surface area contributed by atoms with Crippen LogP contribution in [-0.2, 0) is 4.79 Å². The summed E-state index contributed by atoms with van der Waals surface area (Å²) in [5.74, 6) is 0.187. The van der Waals surface area contributed by atoms with Crippen LogP contribution in [0.4, 0.5) is 10.2 Å². The number of aliphatic hydroxyl groups excluding tert-OH is 1. The summed E-state index contributed by atoms with van der Waals surface area (Å²) in [6, 6.07) is 5.11. The van der Waals surface area contributed by atoms with Crippen LogP contribution in [0.1, 0.15) is 80.4 Å². The van der Waals surface area contributed by atoms with Crippen LogP contribution < -0.4 is 10.2 Å². The van der Waals surface area contributed by atoms with Crippen LogP contribution in [0.2, 0.25) is 0 Å². The Labute approximate surface area is 206 Å². The molecule has 2 saturated heterocycles. The fraction of sp³-hybridized carbons (Fsp3) is 0.593. The van der Waals surface area contributed by atoms with Gasteiger partial charge in [0.2, 0.25) is 5.91 Å². The van der Waals surface area contributed by atoms with Crippen LogP contribution in [-0.4, -0.2) is 63.6 Å². The minimum absolute atomic E-state index is 0.0145. The van der Waals surface area contributed by atoms with Gasteiger partial charge in [-0.25, -0.2) is 14.4 Å². The fourth-order valence-electron chi connectivity index (χ4n) is 6.11. The van der Waals surface area contributed by atoms with E-state index in [9.17, 15) is 9.90 Å². The highest BCUT2D eigenvalue weighted by molar-refractivity contribution is 5.85. The number of anilines is 1. The number of hydrogen-bond donors (Lipinski definition) is 2. The lowest BCUT2D eigenvalue weighted by atomic mass is 9.88. The van der Waals surface area contributed by atoms with Crippen molar-refractivity contribution in [2.24, 2.45) is 0 Å². The van der Waals surface area contributed by atoms with E-state index in [1.807, 2.05) is 17.9 Å². The van der Waals surface area contributed by atoms with Crippen LogP contribution >= 0.6 is 0 Å². The Hall–Kier alpha value is -2.58. The molecule has 1 aromatic carbocycles. The summed E-state index contributed by atoms with van der Waals surface area (Å²) in [6.45, 7) is 10.6. The highest BCUT2D eigenvalue weighted by Gasteiger charge is 2.42. The fourth-order valence-corrected chi connectivity index (χ4v) is 6.11. The predicted octanol–water partition coefficient (Wildman–Crippen LogP) is 3.43. The van der Waals surface area contributed by atoms with Crippen molar-refractivity contribution in [3.05, 3.63) is 52.7 Å². The summed E-state index contributed by atoms with van der Waals surface area (Å²) in [6.07, 6.45) is 3.43. The first-order chi connectivity index (χ1) is 16.6. The first-order valence-electron chi connectivity index (χ1n) is 12.7. The van der Waals surface area contributed by atoms with Gasteiger partial charge in [-0.1, -0.05) is 19.1 Å². The lowest BCUT2D eigenvalue weighted by Gasteiger charge is -2.39. The zero-order valence-corrected chi connectivity index (χ0v) is 21.1. The van der Waals surface area contributed by atoms with Gasteiger partial charge in [0.05, 0.1) is 17.7 Å². The van der Waals surface area contributed by atoms with E-state index < -0.39 is 12.0 Å². The number of amides is 1. The Morgan fingerprint density at radius 3 is 2.63 bits per heavy atom. The molecule has 0 spiro atoms. The van der Waals surface area contributed by atoms with Gasteiger partial charge in [-0.15, -0.1) is 0 Å². The molecule has 2 fully saturated rings. The molecular weight excluding hydrogens is 445 g/mol. The number of carbonyl (C=O) groups is 1. The molecule has 3 aliphatic rings. The number of halogens is 1. The SMILES string of the molecule is Cc1ccc([C@H](C(=O)N2CCN(c3ncnc4c3[C@H](C)C[C@@H]4O)CC2)[C@@H]2CCC(C)(C)N2)c(F)c1. The van der Waals surface area contributed by atoms with E-state index in [4.69, 9.17) is 0 Å². The van der Waals surface area contributed by atoms with Crippen molar-refractivity contribution in [1.82, 2.24) is 20.2 Å². The molecule has 8 heteroatoms. The second-order valence-corrected chi connectivity index (χ2v) is 11.1. The molecule has 35 heavy (non-hydrogen) atoms. The van der Waals surface area contributed by atoms with E-state index in [1.54, 1.807) is 6.07 Å². The third-order valence-electron chi connectivity index (χ3n) is 7.99. The summed E-state index contributed by atoms with van der Waals surface area (Å²) in [5, 5.41) is 13.9. The summed E-state index contributed by atoms with van der Waals surface area (Å²) < 4.78 is 15.1. The molecular formula is C27H36FN5O2. The second kappa shape index (κ2) is 9.13. The number of fused-ring (bicyclic) bond motifs is 1. The van der Waals surface area contributed by atoms with Gasteiger partial charge in [-0.2, -0.15) is 0 Å². The van der Waals surface area contributed by atoms with Crippen molar-refractivity contribution in [2.45, 2.75) is 76.5 Å². The largest absolute Gasteiger partial charge is 0.387 e. The average molecular weight is 482 g/mol. The van der Waals surface area contributed by atoms with E-state index in [0.29, 0.717) is 38.2 Å². The quantitative estimate of drug-likeness (QED) is 0.697. The second-order valence-electron chi connectivity index (χ2n) is 11.1. The zero-order valence-electron chi connectivity index (χ0n) is 21.1. The summed E-state index contributed by atoms with van der Waals surface area (Å²) in [7, 11) is 0. The number of piperazine rings is 1. The predicted molar refractivity (Wildman–Crippen MR) is 133 cm³/mol. The minimum atomic E-state index is -0.553. The van der Waals surface area contributed by atoms with Crippen molar-refractivity contribution in [3.8, 4) is 0 Å². The molecule has 5 rings (SSSR count). The Morgan fingerprint density at radius 1 is 1.23 bits per heavy atom. The van der Waals surface area contributed by atoms with Crippen molar-refractivity contribution in [2.75, 3.05) is 31.1 Å². The van der Waals surface area contributed by atoms with Gasteiger partial charge in [0.1, 0.15) is 18.0 Å². The van der Waals surface area contributed by atoms with Crippen LogP contribution in [0.15, 0.2) is 24.5 Å². The molecule has 1 amide bonds. The number of hydrogen-bond acceptors (Lipinski definition) is 6. The minimum Gasteiger partial charge on any atom is -0.387 e. The Kier molecular flexibility index (Phi) is 6.30. The lowest BCUT2D eigenvalue weighted by molar-refractivity contribution is -0.133. The molecule has 0 bridgehead atoms. The highest BCUT2D eigenvalue weighted by atomic mass is 19.1. The first kappa shape index (κ1) is 24.1. The average Bonchev–Trinajstić information content (AvgIpc) is 3.33. The molecule has 0 unspecified atom stereocenters. The molecule has 2 aromatic rings. The van der Waals surface area contributed by atoms with E-state index in [-0.39, 0.29) is 29.2 Å². The molecule has 3 heterocycles. The van der Waals surface area contributed by atoms with Crippen molar-refractivity contribution in [1.29, 1.82) is 0 Å². The molecule has 2 aliphatic heterocycles. The van der Waals surface area contributed by atoms with Gasteiger partial charge in [0.25, 0.3) is 0 Å². The molecule has 188 valence electrons. The van der Waals surface area contributed by atoms with Gasteiger partial charge >= 0.3 is 0 Å². The Bertz CT molecular complexity index is 1110. The smallest absolute Gasteiger partial charge is 0.231 e. The van der Waals surface area contributed by atoms with Crippen LogP contribution in [0.5, 0.6) is 0 Å². The molecule has 1 aromatic heterocycles. The van der Waals surface area contributed by atoms with E-state index in [1.165, 1.54) is 12.4 Å². The maximum Gasteiger partial charge on any atom is 0.231 e. The number of nitrogens with zero attached hydrogens (tertiary/aromatic N) is 4. The molecule has 0 radical (unpaired) electrons. The van der Waals surface area contributed by atoms with Gasteiger partial charge < -0.3 is 20.2 Å². The molecule has 4 atom stereocenters. The Balaban J connectivity index is 1.36. The monoisotopic (exact) mass is 481 g/mol. The van der Waals surface area contributed by atoms with Crippen LogP contribution in [0, 0.1) is 12.7 Å². The van der Waals surface area contributed by atoms with E-state index >= 15 is 4.39 Å². The lowest BCUT2D eigenvalue weighted by Crippen LogP contribution is -2.53. The number of aliphatic hydroxyl groups is 1. The number of aryl methyl sites for hydroxylation is 1. The van der Waals surface area contributed by atoms with Gasteiger partial charge in [0, 0.05) is 48.9 Å². The van der Waals surface area contributed by atoms with Gasteiger partial charge in [-0.3, -0.25) is 4.79 Å². The van der Waals surface area contributed by atoms with Gasteiger partial charge in [0.15, 0.2) is 0 Å². The summed E-state index contributed by atoms with van der Waals surface area (Å²) in [5.41, 5.74) is 3.01. The third kappa shape index (κ3) is 4.54. The maximum absolute atomic E-state index is 15.1. The Morgan fingerprint density at radius 2 is 1.97 bits per heavy atom. The maximum atomic E-state index is 15.1. The summed E-state index contributed by atoms with van der Waals surface area (Å²) >= 11 is 0. The third-order valence-corrected chi connectivity index (χ3v) is 7.99. The van der Waals surface area contributed by atoms with Crippen LogP contribution in [0.25, 0.3) is 0 Å². The normalized spacial score (nSPS) is 26.6. The zero-order chi connectivity index (χ0) is 24.9. The van der Waals surface area contributed by atoms with Crippen molar-refractivity contribution in [3.63, 3.8) is 0 Å². The number of aromatic nitrogens is 2. The first-order valence-corrected chi connectivity index (χ1v) is 12.7. The van der Waals surface area contributed by atoms with Crippen molar-refractivity contribution >= 4 is 11.7 Å². The number of carbonyl (C=O) groups excluding carboxylic acids is 1. The molecule has 1 aliphatic carbocycles. The number of nitrogens with one attached hydrogen (secondary N) is 1. The standard InChI is InChI=1S/C27H36FN5O2/c1-16-5-6-18(19(28)13-16)23(20-7-8-27(3,4)31-20)26(35)33-11-9-32(10-12-33)25-22-17(2)14-21(34)24(22)29-15-30-25/h5-6,13,15,17,20-21,23,31,34H,7-12,14H2,1-4H3/t17-,20+,21+,23+/m1/s1. The molecule has 2 N–H and O–H groups in total.